The Morgan fingerprint density at radius 1 is 1.55 bits per heavy atom. The van der Waals surface area contributed by atoms with Gasteiger partial charge in [0, 0.05) is 38.7 Å². The highest BCUT2D eigenvalue weighted by Gasteiger charge is 2.61. The summed E-state index contributed by atoms with van der Waals surface area (Å²) in [5, 5.41) is 3.95. The molecule has 1 aromatic rings. The number of aryl methyl sites for hydroxylation is 1. The number of sulfone groups is 1. The zero-order valence-corrected chi connectivity index (χ0v) is 12.6. The quantitative estimate of drug-likeness (QED) is 0.811. The minimum Gasteiger partial charge on any atom is -0.384 e. The van der Waals surface area contributed by atoms with Crippen molar-refractivity contribution < 1.29 is 17.7 Å². The smallest absolute Gasteiger partial charge is 0.158 e. The summed E-state index contributed by atoms with van der Waals surface area (Å²) in [6.07, 6.45) is 0.715. The summed E-state index contributed by atoms with van der Waals surface area (Å²) in [6, 6.07) is 1.89. The molecule has 3 rings (SSSR count). The Labute approximate surface area is 119 Å². The van der Waals surface area contributed by atoms with Crippen LogP contribution in [0.3, 0.4) is 0 Å². The molecular weight excluding hydrogens is 280 g/mol. The standard InChI is InChI=1S/C13H20N2O4S/c1-10-5-12(14-19-10)6-15-8-13(9-15)11(7-18-2)3-4-20(13,16)17/h5,11H,3-4,6-9H2,1-2H3/t11-/m0/s1. The van der Waals surface area contributed by atoms with Gasteiger partial charge >= 0.3 is 0 Å². The van der Waals surface area contributed by atoms with Crippen LogP contribution in [0, 0.1) is 12.8 Å². The number of nitrogens with zero attached hydrogens (tertiary/aromatic N) is 2. The Bertz CT molecular complexity index is 589. The van der Waals surface area contributed by atoms with Crippen molar-refractivity contribution in [1.82, 2.24) is 10.1 Å². The number of aromatic nitrogens is 1. The predicted octanol–water partition coefficient (Wildman–Crippen LogP) is 0.619. The van der Waals surface area contributed by atoms with Gasteiger partial charge in [0.2, 0.25) is 0 Å². The van der Waals surface area contributed by atoms with Gasteiger partial charge < -0.3 is 9.26 Å². The van der Waals surface area contributed by atoms with Crippen LogP contribution in [-0.2, 0) is 21.1 Å². The van der Waals surface area contributed by atoms with Gasteiger partial charge in [-0.05, 0) is 13.3 Å². The van der Waals surface area contributed by atoms with Gasteiger partial charge in [0.15, 0.2) is 9.84 Å². The van der Waals surface area contributed by atoms with Crippen LogP contribution in [0.1, 0.15) is 17.9 Å². The molecule has 20 heavy (non-hydrogen) atoms. The van der Waals surface area contributed by atoms with Crippen molar-refractivity contribution in [1.29, 1.82) is 0 Å². The summed E-state index contributed by atoms with van der Waals surface area (Å²) in [4.78, 5) is 2.11. The molecule has 0 bridgehead atoms. The van der Waals surface area contributed by atoms with Crippen molar-refractivity contribution in [2.75, 3.05) is 32.6 Å². The van der Waals surface area contributed by atoms with Crippen LogP contribution in [-0.4, -0.2) is 55.8 Å². The molecule has 0 saturated carbocycles. The molecule has 2 fully saturated rings. The number of hydrogen-bond donors (Lipinski definition) is 0. The molecule has 1 spiro atoms. The summed E-state index contributed by atoms with van der Waals surface area (Å²) in [6.45, 7) is 4.18. The molecule has 2 aliphatic heterocycles. The summed E-state index contributed by atoms with van der Waals surface area (Å²) in [5.41, 5.74) is 0.857. The van der Waals surface area contributed by atoms with Crippen LogP contribution < -0.4 is 0 Å². The van der Waals surface area contributed by atoms with Crippen LogP contribution in [0.2, 0.25) is 0 Å². The first-order valence-electron chi connectivity index (χ1n) is 6.83. The van der Waals surface area contributed by atoms with Gasteiger partial charge in [0.25, 0.3) is 0 Å². The van der Waals surface area contributed by atoms with E-state index in [0.29, 0.717) is 32.7 Å². The second-order valence-corrected chi connectivity index (χ2v) is 8.35. The van der Waals surface area contributed by atoms with E-state index in [1.54, 1.807) is 7.11 Å². The summed E-state index contributed by atoms with van der Waals surface area (Å²) in [5.74, 6) is 1.19. The molecular formula is C13H20N2O4S. The van der Waals surface area contributed by atoms with E-state index in [1.807, 2.05) is 13.0 Å². The monoisotopic (exact) mass is 300 g/mol. The van der Waals surface area contributed by atoms with Gasteiger partial charge in [0.05, 0.1) is 18.1 Å². The van der Waals surface area contributed by atoms with Gasteiger partial charge in [-0.25, -0.2) is 8.42 Å². The van der Waals surface area contributed by atoms with Gasteiger partial charge in [-0.2, -0.15) is 0 Å². The molecule has 6 nitrogen and oxygen atoms in total. The third-order valence-electron chi connectivity index (χ3n) is 4.51. The molecule has 0 radical (unpaired) electrons. The lowest BCUT2D eigenvalue weighted by Gasteiger charge is -2.49. The molecule has 2 aliphatic rings. The first-order chi connectivity index (χ1) is 9.47. The fraction of sp³-hybridized carbons (Fsp3) is 0.769. The zero-order valence-electron chi connectivity index (χ0n) is 11.8. The van der Waals surface area contributed by atoms with Crippen LogP contribution in [0.4, 0.5) is 0 Å². The molecule has 0 unspecified atom stereocenters. The van der Waals surface area contributed by atoms with Crippen LogP contribution in [0.15, 0.2) is 10.6 Å². The Hall–Kier alpha value is -0.920. The van der Waals surface area contributed by atoms with Crippen molar-refractivity contribution in [2.24, 2.45) is 5.92 Å². The summed E-state index contributed by atoms with van der Waals surface area (Å²) >= 11 is 0. The molecule has 0 amide bonds. The van der Waals surface area contributed by atoms with E-state index in [2.05, 4.69) is 10.1 Å². The summed E-state index contributed by atoms with van der Waals surface area (Å²) < 4.78 is 34.3. The van der Waals surface area contributed by atoms with Gasteiger partial charge in [-0.1, -0.05) is 5.16 Å². The third kappa shape index (κ3) is 2.08. The highest BCUT2D eigenvalue weighted by atomic mass is 32.2. The minimum atomic E-state index is -3.01. The SMILES string of the molecule is COC[C@@H]1CCS(=O)(=O)C12CN(Cc1cc(C)on1)C2. The van der Waals surface area contributed by atoms with Crippen molar-refractivity contribution in [2.45, 2.75) is 24.6 Å². The Morgan fingerprint density at radius 3 is 2.90 bits per heavy atom. The largest absolute Gasteiger partial charge is 0.384 e. The van der Waals surface area contributed by atoms with E-state index in [4.69, 9.17) is 9.26 Å². The average molecular weight is 300 g/mol. The highest BCUT2D eigenvalue weighted by Crippen LogP contribution is 2.45. The van der Waals surface area contributed by atoms with Crippen LogP contribution in [0.25, 0.3) is 0 Å². The van der Waals surface area contributed by atoms with Crippen LogP contribution in [0.5, 0.6) is 0 Å². The molecule has 0 aromatic carbocycles. The number of ether oxygens (including phenoxy) is 1. The van der Waals surface area contributed by atoms with Gasteiger partial charge in [-0.15, -0.1) is 0 Å². The maximum Gasteiger partial charge on any atom is 0.158 e. The Morgan fingerprint density at radius 2 is 2.30 bits per heavy atom. The fourth-order valence-corrected chi connectivity index (χ4v) is 5.91. The van der Waals surface area contributed by atoms with Crippen molar-refractivity contribution in [3.63, 3.8) is 0 Å². The van der Waals surface area contributed by atoms with E-state index in [1.165, 1.54) is 0 Å². The predicted molar refractivity (Wildman–Crippen MR) is 73.0 cm³/mol. The number of hydrogen-bond acceptors (Lipinski definition) is 6. The normalized spacial score (nSPS) is 27.8. The number of methoxy groups -OCH3 is 1. The lowest BCUT2D eigenvalue weighted by Crippen LogP contribution is -2.67. The zero-order chi connectivity index (χ0) is 14.4. The molecule has 0 N–H and O–H groups in total. The first kappa shape index (κ1) is 14.0. The Balaban J connectivity index is 1.69. The average Bonchev–Trinajstić information content (AvgIpc) is 2.84. The molecule has 0 aliphatic carbocycles. The lowest BCUT2D eigenvalue weighted by atomic mass is 9.83. The van der Waals surface area contributed by atoms with E-state index >= 15 is 0 Å². The van der Waals surface area contributed by atoms with E-state index in [9.17, 15) is 8.42 Å². The van der Waals surface area contributed by atoms with Crippen LogP contribution >= 0.6 is 0 Å². The highest BCUT2D eigenvalue weighted by molar-refractivity contribution is 7.93. The lowest BCUT2D eigenvalue weighted by molar-refractivity contribution is 0.0399. The van der Waals surface area contributed by atoms with Gasteiger partial charge in [0.1, 0.15) is 10.5 Å². The fourth-order valence-electron chi connectivity index (χ4n) is 3.45. The maximum atomic E-state index is 12.3. The van der Waals surface area contributed by atoms with E-state index < -0.39 is 14.6 Å². The molecule has 1 aromatic heterocycles. The summed E-state index contributed by atoms with van der Waals surface area (Å²) in [7, 11) is -1.37. The first-order valence-corrected chi connectivity index (χ1v) is 8.48. The Kier molecular flexibility index (Phi) is 3.38. The number of likely N-dealkylation sites (tertiary alicyclic amines) is 1. The molecule has 112 valence electrons. The van der Waals surface area contributed by atoms with E-state index in [-0.39, 0.29) is 11.7 Å². The minimum absolute atomic E-state index is 0.118. The van der Waals surface area contributed by atoms with Gasteiger partial charge in [-0.3, -0.25) is 4.90 Å². The molecule has 1 atom stereocenters. The van der Waals surface area contributed by atoms with Crippen molar-refractivity contribution in [3.8, 4) is 0 Å². The topological polar surface area (TPSA) is 72.6 Å². The molecule has 7 heteroatoms. The maximum absolute atomic E-state index is 12.3. The molecule has 2 saturated heterocycles. The second kappa shape index (κ2) is 4.82. The van der Waals surface area contributed by atoms with E-state index in [0.717, 1.165) is 11.5 Å². The van der Waals surface area contributed by atoms with Crippen molar-refractivity contribution >= 4 is 9.84 Å². The number of rotatable bonds is 4. The van der Waals surface area contributed by atoms with Crippen molar-refractivity contribution in [3.05, 3.63) is 17.5 Å². The third-order valence-corrected chi connectivity index (χ3v) is 7.11. The molecule has 3 heterocycles. The second-order valence-electron chi connectivity index (χ2n) is 5.90.